The minimum Gasteiger partial charge on any atom is -0.329 e. The van der Waals surface area contributed by atoms with Crippen molar-refractivity contribution in [1.82, 2.24) is 9.88 Å². The van der Waals surface area contributed by atoms with Gasteiger partial charge in [-0.05, 0) is 36.8 Å². The average molecular weight is 283 g/mol. The Bertz CT molecular complexity index is 591. The molecular formula is C18H25N3. The summed E-state index contributed by atoms with van der Waals surface area (Å²) in [6, 6.07) is 9.45. The van der Waals surface area contributed by atoms with Gasteiger partial charge in [-0.2, -0.15) is 0 Å². The van der Waals surface area contributed by atoms with Crippen LogP contribution in [0, 0.1) is 0 Å². The van der Waals surface area contributed by atoms with Crippen LogP contribution in [0.25, 0.3) is 10.8 Å². The van der Waals surface area contributed by atoms with Crippen molar-refractivity contribution >= 4 is 10.8 Å². The molecule has 1 saturated heterocycles. The highest BCUT2D eigenvalue weighted by Gasteiger charge is 2.28. The summed E-state index contributed by atoms with van der Waals surface area (Å²) in [5.41, 5.74) is 7.46. The number of piperidine rings is 1. The molecule has 0 aliphatic carbocycles. The molecule has 1 aliphatic heterocycles. The normalized spacial score (nSPS) is 21.5. The highest BCUT2D eigenvalue weighted by molar-refractivity contribution is 5.85. The van der Waals surface area contributed by atoms with E-state index in [4.69, 9.17) is 5.73 Å². The van der Waals surface area contributed by atoms with Crippen LogP contribution in [0.2, 0.25) is 0 Å². The van der Waals surface area contributed by atoms with Crippen LogP contribution in [0.1, 0.15) is 44.2 Å². The minimum absolute atomic E-state index is 0.286. The summed E-state index contributed by atoms with van der Waals surface area (Å²) in [7, 11) is 0. The second kappa shape index (κ2) is 6.54. The maximum atomic E-state index is 6.17. The van der Waals surface area contributed by atoms with E-state index in [9.17, 15) is 0 Å². The topological polar surface area (TPSA) is 42.1 Å². The first kappa shape index (κ1) is 14.5. The second-order valence-corrected chi connectivity index (χ2v) is 6.00. The van der Waals surface area contributed by atoms with E-state index >= 15 is 0 Å². The molecule has 2 heterocycles. The number of nitrogens with zero attached hydrogens (tertiary/aromatic N) is 2. The molecule has 21 heavy (non-hydrogen) atoms. The van der Waals surface area contributed by atoms with Crippen molar-refractivity contribution in [2.24, 2.45) is 5.73 Å². The largest absolute Gasteiger partial charge is 0.329 e. The van der Waals surface area contributed by atoms with Gasteiger partial charge in [0.05, 0.1) is 0 Å². The van der Waals surface area contributed by atoms with E-state index in [1.165, 1.54) is 42.0 Å². The Kier molecular flexibility index (Phi) is 4.51. The number of hydrogen-bond donors (Lipinski definition) is 1. The Morgan fingerprint density at radius 2 is 2.14 bits per heavy atom. The van der Waals surface area contributed by atoms with E-state index in [0.29, 0.717) is 12.6 Å². The lowest BCUT2D eigenvalue weighted by molar-refractivity contribution is 0.0954. The SMILES string of the molecule is CCC1CCCCN1C(CN)c1cncc2ccccc12. The van der Waals surface area contributed by atoms with Crippen LogP contribution in [0.15, 0.2) is 36.7 Å². The van der Waals surface area contributed by atoms with Crippen molar-refractivity contribution in [2.45, 2.75) is 44.7 Å². The fourth-order valence-corrected chi connectivity index (χ4v) is 3.72. The predicted molar refractivity (Wildman–Crippen MR) is 88.2 cm³/mol. The summed E-state index contributed by atoms with van der Waals surface area (Å²) in [5.74, 6) is 0. The van der Waals surface area contributed by atoms with E-state index in [1.807, 2.05) is 12.4 Å². The Hall–Kier alpha value is -1.45. The van der Waals surface area contributed by atoms with E-state index in [1.54, 1.807) is 0 Å². The van der Waals surface area contributed by atoms with Gasteiger partial charge in [0.25, 0.3) is 0 Å². The lowest BCUT2D eigenvalue weighted by atomic mass is 9.93. The fraction of sp³-hybridized carbons (Fsp3) is 0.500. The zero-order valence-corrected chi connectivity index (χ0v) is 12.8. The molecule has 3 nitrogen and oxygen atoms in total. The Morgan fingerprint density at radius 3 is 2.95 bits per heavy atom. The van der Waals surface area contributed by atoms with Crippen LogP contribution < -0.4 is 5.73 Å². The molecule has 1 fully saturated rings. The zero-order chi connectivity index (χ0) is 14.7. The summed E-state index contributed by atoms with van der Waals surface area (Å²) in [6.07, 6.45) is 9.09. The highest BCUT2D eigenvalue weighted by Crippen LogP contribution is 2.32. The van der Waals surface area contributed by atoms with Gasteiger partial charge in [-0.1, -0.05) is 37.6 Å². The molecular weight excluding hydrogens is 258 g/mol. The van der Waals surface area contributed by atoms with E-state index in [2.05, 4.69) is 41.1 Å². The van der Waals surface area contributed by atoms with Crippen molar-refractivity contribution in [3.8, 4) is 0 Å². The summed E-state index contributed by atoms with van der Waals surface area (Å²) >= 11 is 0. The highest BCUT2D eigenvalue weighted by atomic mass is 15.2. The molecule has 3 rings (SSSR count). The lowest BCUT2D eigenvalue weighted by Gasteiger charge is -2.41. The first-order valence-electron chi connectivity index (χ1n) is 8.13. The van der Waals surface area contributed by atoms with Gasteiger partial charge < -0.3 is 5.73 Å². The number of pyridine rings is 1. The molecule has 1 aliphatic rings. The molecule has 0 bridgehead atoms. The van der Waals surface area contributed by atoms with Crippen molar-refractivity contribution < 1.29 is 0 Å². The van der Waals surface area contributed by atoms with Crippen molar-refractivity contribution in [3.63, 3.8) is 0 Å². The minimum atomic E-state index is 0.286. The molecule has 2 atom stereocenters. The molecule has 2 aromatic rings. The third kappa shape index (κ3) is 2.81. The third-order valence-corrected chi connectivity index (χ3v) is 4.83. The van der Waals surface area contributed by atoms with Crippen LogP contribution in [0.4, 0.5) is 0 Å². The number of benzene rings is 1. The molecule has 1 aromatic heterocycles. The summed E-state index contributed by atoms with van der Waals surface area (Å²) < 4.78 is 0. The van der Waals surface area contributed by atoms with Gasteiger partial charge in [0.1, 0.15) is 0 Å². The van der Waals surface area contributed by atoms with Gasteiger partial charge in [0.15, 0.2) is 0 Å². The first-order valence-corrected chi connectivity index (χ1v) is 8.13. The van der Waals surface area contributed by atoms with Crippen molar-refractivity contribution in [3.05, 3.63) is 42.2 Å². The molecule has 3 heteroatoms. The summed E-state index contributed by atoms with van der Waals surface area (Å²) in [6.45, 7) is 4.10. The van der Waals surface area contributed by atoms with Crippen LogP contribution in [0.3, 0.4) is 0 Å². The van der Waals surface area contributed by atoms with Crippen LogP contribution in [0.5, 0.6) is 0 Å². The van der Waals surface area contributed by atoms with Crippen molar-refractivity contribution in [1.29, 1.82) is 0 Å². The van der Waals surface area contributed by atoms with E-state index < -0.39 is 0 Å². The van der Waals surface area contributed by atoms with Gasteiger partial charge in [0.2, 0.25) is 0 Å². The zero-order valence-electron chi connectivity index (χ0n) is 12.8. The number of rotatable bonds is 4. The maximum Gasteiger partial charge on any atom is 0.0494 e. The summed E-state index contributed by atoms with van der Waals surface area (Å²) in [4.78, 5) is 7.06. The molecule has 0 saturated carbocycles. The lowest BCUT2D eigenvalue weighted by Crippen LogP contribution is -2.44. The summed E-state index contributed by atoms with van der Waals surface area (Å²) in [5, 5.41) is 2.50. The molecule has 0 radical (unpaired) electrons. The maximum absolute atomic E-state index is 6.17. The van der Waals surface area contributed by atoms with Crippen LogP contribution in [-0.2, 0) is 0 Å². The standard InChI is InChI=1S/C18H25N3/c1-2-15-8-5-6-10-21(15)18(11-19)17-13-20-12-14-7-3-4-9-16(14)17/h3-4,7,9,12-13,15,18H,2,5-6,8,10-11,19H2,1H3. The smallest absolute Gasteiger partial charge is 0.0494 e. The van der Waals surface area contributed by atoms with Crippen LogP contribution >= 0.6 is 0 Å². The van der Waals surface area contributed by atoms with E-state index in [-0.39, 0.29) is 6.04 Å². The van der Waals surface area contributed by atoms with E-state index in [0.717, 1.165) is 6.54 Å². The monoisotopic (exact) mass is 283 g/mol. The molecule has 2 N–H and O–H groups in total. The van der Waals surface area contributed by atoms with Gasteiger partial charge in [-0.3, -0.25) is 9.88 Å². The van der Waals surface area contributed by atoms with Gasteiger partial charge in [0, 0.05) is 36.4 Å². The van der Waals surface area contributed by atoms with Gasteiger partial charge in [-0.15, -0.1) is 0 Å². The number of fused-ring (bicyclic) bond motifs is 1. The Morgan fingerprint density at radius 1 is 1.29 bits per heavy atom. The van der Waals surface area contributed by atoms with Crippen LogP contribution in [-0.4, -0.2) is 29.0 Å². The molecule has 0 spiro atoms. The van der Waals surface area contributed by atoms with Gasteiger partial charge >= 0.3 is 0 Å². The first-order chi connectivity index (χ1) is 10.3. The second-order valence-electron chi connectivity index (χ2n) is 6.00. The molecule has 112 valence electrons. The average Bonchev–Trinajstić information content (AvgIpc) is 2.56. The van der Waals surface area contributed by atoms with Crippen molar-refractivity contribution in [2.75, 3.05) is 13.1 Å². The number of hydrogen-bond acceptors (Lipinski definition) is 3. The quantitative estimate of drug-likeness (QED) is 0.934. The number of nitrogens with two attached hydrogens (primary N) is 1. The third-order valence-electron chi connectivity index (χ3n) is 4.83. The molecule has 0 amide bonds. The fourth-order valence-electron chi connectivity index (χ4n) is 3.72. The Labute approximate surface area is 127 Å². The molecule has 1 aromatic carbocycles. The van der Waals surface area contributed by atoms with Gasteiger partial charge in [-0.25, -0.2) is 0 Å². The predicted octanol–water partition coefficient (Wildman–Crippen LogP) is 3.50. The molecule has 2 unspecified atom stereocenters. The number of likely N-dealkylation sites (tertiary alicyclic amines) is 1. The number of aromatic nitrogens is 1. The Balaban J connectivity index is 2.01.